The average molecular weight is 524 g/mol. The summed E-state index contributed by atoms with van der Waals surface area (Å²) in [6.45, 7) is 7.06. The number of benzene rings is 2. The fourth-order valence-electron chi connectivity index (χ4n) is 3.72. The largest absolute Gasteiger partial charge is 0.385 e. The molecule has 0 spiro atoms. The zero-order chi connectivity index (χ0) is 25.8. The summed E-state index contributed by atoms with van der Waals surface area (Å²) in [6.07, 6.45) is 0.844. The van der Waals surface area contributed by atoms with Crippen LogP contribution < -0.4 is 9.62 Å². The smallest absolute Gasteiger partial charge is 0.264 e. The molecule has 11 heteroatoms. The van der Waals surface area contributed by atoms with Gasteiger partial charge in [0.1, 0.15) is 11.6 Å². The quantitative estimate of drug-likeness (QED) is 0.396. The van der Waals surface area contributed by atoms with Gasteiger partial charge >= 0.3 is 0 Å². The fourth-order valence-corrected chi connectivity index (χ4v) is 5.73. The summed E-state index contributed by atoms with van der Waals surface area (Å²) in [6, 6.07) is 10.6. The van der Waals surface area contributed by atoms with Crippen molar-refractivity contribution in [3.05, 3.63) is 59.1 Å². The monoisotopic (exact) mass is 523 g/mol. The van der Waals surface area contributed by atoms with Crippen LogP contribution in [0.15, 0.2) is 47.4 Å². The van der Waals surface area contributed by atoms with E-state index in [-0.39, 0.29) is 15.6 Å². The van der Waals surface area contributed by atoms with E-state index in [4.69, 9.17) is 16.3 Å². The Labute approximate surface area is 211 Å². The van der Waals surface area contributed by atoms with E-state index in [0.717, 1.165) is 19.0 Å². The van der Waals surface area contributed by atoms with Crippen molar-refractivity contribution in [1.29, 1.82) is 0 Å². The summed E-state index contributed by atoms with van der Waals surface area (Å²) in [5, 5.41) is 11.7. The van der Waals surface area contributed by atoms with Crippen LogP contribution in [0.1, 0.15) is 33.0 Å². The van der Waals surface area contributed by atoms with Crippen LogP contribution in [0.4, 0.5) is 10.1 Å². The Morgan fingerprint density at radius 1 is 1.17 bits per heavy atom. The van der Waals surface area contributed by atoms with Gasteiger partial charge in [0.2, 0.25) is 0 Å². The third kappa shape index (κ3) is 6.00. The molecule has 35 heavy (non-hydrogen) atoms. The van der Waals surface area contributed by atoms with Crippen molar-refractivity contribution in [3.63, 3.8) is 0 Å². The molecule has 0 saturated carbocycles. The van der Waals surface area contributed by atoms with Gasteiger partial charge in [-0.1, -0.05) is 29.8 Å². The molecule has 0 amide bonds. The van der Waals surface area contributed by atoms with Gasteiger partial charge in [-0.2, -0.15) is 0 Å². The first-order chi connectivity index (χ1) is 16.5. The van der Waals surface area contributed by atoms with Crippen LogP contribution in [-0.4, -0.2) is 49.0 Å². The van der Waals surface area contributed by atoms with E-state index in [1.807, 2.05) is 0 Å². The maximum absolute atomic E-state index is 14.8. The van der Waals surface area contributed by atoms with Crippen LogP contribution in [-0.2, 0) is 28.4 Å². The first kappa shape index (κ1) is 27.1. The van der Waals surface area contributed by atoms with E-state index in [1.54, 1.807) is 57.7 Å². The zero-order valence-electron chi connectivity index (χ0n) is 20.5. The number of sulfonamides is 1. The Morgan fingerprint density at radius 2 is 1.86 bits per heavy atom. The van der Waals surface area contributed by atoms with Crippen molar-refractivity contribution in [2.45, 2.75) is 44.2 Å². The van der Waals surface area contributed by atoms with Gasteiger partial charge in [0.25, 0.3) is 10.0 Å². The predicted octanol–water partition coefficient (Wildman–Crippen LogP) is 4.39. The van der Waals surface area contributed by atoms with Crippen LogP contribution in [0.25, 0.3) is 11.4 Å². The SMILES string of the molecule is COCCCNCc1nnc(-c2cc(Cl)c(F)cc2N(C(C)(C)C)S(=O)(=O)c2ccccc2)n1C. The van der Waals surface area contributed by atoms with E-state index in [9.17, 15) is 12.8 Å². The predicted molar refractivity (Wildman–Crippen MR) is 135 cm³/mol. The highest BCUT2D eigenvalue weighted by molar-refractivity contribution is 7.93. The van der Waals surface area contributed by atoms with Crippen molar-refractivity contribution < 1.29 is 17.5 Å². The molecule has 3 aromatic rings. The number of hydrogen-bond acceptors (Lipinski definition) is 6. The standard InChI is InChI=1S/C24H31ClFN5O3S/c1-24(2,3)31(35(32,33)17-10-7-6-8-11-17)21-15-20(26)19(25)14-18(21)23-29-28-22(30(23)4)16-27-12-9-13-34-5/h6-8,10-11,14-15,27H,9,12-13,16H2,1-5H3. The molecule has 0 saturated heterocycles. The number of aromatic nitrogens is 3. The minimum absolute atomic E-state index is 0.0927. The maximum atomic E-state index is 14.8. The van der Waals surface area contributed by atoms with Crippen molar-refractivity contribution in [2.75, 3.05) is 24.6 Å². The zero-order valence-corrected chi connectivity index (χ0v) is 22.1. The first-order valence-corrected chi connectivity index (χ1v) is 13.0. The molecule has 2 aromatic carbocycles. The van der Waals surface area contributed by atoms with Gasteiger partial charge in [-0.25, -0.2) is 12.8 Å². The van der Waals surface area contributed by atoms with Gasteiger partial charge in [0, 0.05) is 37.9 Å². The molecule has 0 fully saturated rings. The van der Waals surface area contributed by atoms with Crippen LogP contribution in [0.3, 0.4) is 0 Å². The van der Waals surface area contributed by atoms with Crippen molar-refractivity contribution in [1.82, 2.24) is 20.1 Å². The second-order valence-electron chi connectivity index (χ2n) is 9.06. The molecule has 0 aliphatic heterocycles. The van der Waals surface area contributed by atoms with E-state index < -0.39 is 21.4 Å². The molecular formula is C24H31ClFN5O3S. The third-order valence-corrected chi connectivity index (χ3v) is 7.72. The number of methoxy groups -OCH3 is 1. The highest BCUT2D eigenvalue weighted by Gasteiger charge is 2.37. The Bertz CT molecular complexity index is 1260. The Hall–Kier alpha value is -2.53. The molecule has 0 aliphatic carbocycles. The Kier molecular flexibility index (Phi) is 8.53. The molecule has 0 bridgehead atoms. The van der Waals surface area contributed by atoms with Gasteiger partial charge in [0.05, 0.1) is 22.2 Å². The minimum atomic E-state index is -4.06. The molecule has 190 valence electrons. The van der Waals surface area contributed by atoms with Crippen LogP contribution in [0.5, 0.6) is 0 Å². The Balaban J connectivity index is 2.12. The highest BCUT2D eigenvalue weighted by Crippen LogP contribution is 2.40. The fraction of sp³-hybridized carbons (Fsp3) is 0.417. The summed E-state index contributed by atoms with van der Waals surface area (Å²) in [4.78, 5) is 0.0927. The second kappa shape index (κ2) is 11.0. The summed E-state index contributed by atoms with van der Waals surface area (Å²) in [5.41, 5.74) is -0.460. The number of rotatable bonds is 10. The van der Waals surface area contributed by atoms with Gasteiger partial charge in [0.15, 0.2) is 5.82 Å². The average Bonchev–Trinajstić information content (AvgIpc) is 3.15. The molecule has 0 radical (unpaired) electrons. The molecule has 1 N–H and O–H groups in total. The van der Waals surface area contributed by atoms with E-state index in [0.29, 0.717) is 30.4 Å². The molecule has 0 unspecified atom stereocenters. The molecular weight excluding hydrogens is 493 g/mol. The van der Waals surface area contributed by atoms with Gasteiger partial charge in [-0.3, -0.25) is 4.31 Å². The Morgan fingerprint density at radius 3 is 2.49 bits per heavy atom. The number of ether oxygens (including phenoxy) is 1. The van der Waals surface area contributed by atoms with Crippen molar-refractivity contribution in [2.24, 2.45) is 7.05 Å². The van der Waals surface area contributed by atoms with Crippen LogP contribution in [0.2, 0.25) is 5.02 Å². The van der Waals surface area contributed by atoms with E-state index in [1.165, 1.54) is 22.5 Å². The number of nitrogens with one attached hydrogen (secondary N) is 1. The third-order valence-electron chi connectivity index (χ3n) is 5.34. The highest BCUT2D eigenvalue weighted by atomic mass is 35.5. The van der Waals surface area contributed by atoms with Crippen LogP contribution in [0, 0.1) is 5.82 Å². The lowest BCUT2D eigenvalue weighted by Crippen LogP contribution is -2.46. The summed E-state index contributed by atoms with van der Waals surface area (Å²) in [7, 11) is -0.634. The number of hydrogen-bond donors (Lipinski definition) is 1. The number of anilines is 1. The topological polar surface area (TPSA) is 89.3 Å². The maximum Gasteiger partial charge on any atom is 0.264 e. The molecule has 1 heterocycles. The molecule has 8 nitrogen and oxygen atoms in total. The number of halogens is 2. The van der Waals surface area contributed by atoms with E-state index >= 15 is 0 Å². The lowest BCUT2D eigenvalue weighted by atomic mass is 10.1. The normalized spacial score (nSPS) is 12.2. The lowest BCUT2D eigenvalue weighted by molar-refractivity contribution is 0.194. The van der Waals surface area contributed by atoms with Gasteiger partial charge < -0.3 is 14.6 Å². The van der Waals surface area contributed by atoms with Gasteiger partial charge in [-0.05, 0) is 51.9 Å². The first-order valence-electron chi connectivity index (χ1n) is 11.2. The summed E-state index contributed by atoms with van der Waals surface area (Å²) >= 11 is 6.15. The van der Waals surface area contributed by atoms with Gasteiger partial charge in [-0.15, -0.1) is 10.2 Å². The van der Waals surface area contributed by atoms with Crippen LogP contribution >= 0.6 is 11.6 Å². The van der Waals surface area contributed by atoms with Crippen molar-refractivity contribution in [3.8, 4) is 11.4 Å². The summed E-state index contributed by atoms with van der Waals surface area (Å²) < 4.78 is 50.3. The van der Waals surface area contributed by atoms with Crippen molar-refractivity contribution >= 4 is 27.3 Å². The molecule has 3 rings (SSSR count). The molecule has 0 atom stereocenters. The minimum Gasteiger partial charge on any atom is -0.385 e. The molecule has 1 aromatic heterocycles. The second-order valence-corrected chi connectivity index (χ2v) is 11.3. The van der Waals surface area contributed by atoms with E-state index in [2.05, 4.69) is 15.5 Å². The summed E-state index contributed by atoms with van der Waals surface area (Å²) in [5.74, 6) is 0.273. The number of nitrogens with zero attached hydrogens (tertiary/aromatic N) is 4. The lowest BCUT2D eigenvalue weighted by Gasteiger charge is -2.37. The molecule has 0 aliphatic rings.